The Balaban J connectivity index is 1.42. The lowest BCUT2D eigenvalue weighted by Gasteiger charge is -2.19. The number of hydrogen-bond acceptors (Lipinski definition) is 10. The van der Waals surface area contributed by atoms with Crippen LogP contribution in [-0.4, -0.2) is 53.9 Å². The Bertz CT molecular complexity index is 1770. The summed E-state index contributed by atoms with van der Waals surface area (Å²) in [5, 5.41) is 11.7. The largest absolute Gasteiger partial charge is 0.522 e. The van der Waals surface area contributed by atoms with Gasteiger partial charge in [0.25, 0.3) is 5.56 Å². The minimum Gasteiger partial charge on any atom is -0.398 e. The number of aliphatic hydroxyl groups excluding tert-OH is 1. The molecule has 2 aliphatic heterocycles. The van der Waals surface area contributed by atoms with E-state index in [0.29, 0.717) is 16.6 Å². The highest BCUT2D eigenvalue weighted by molar-refractivity contribution is 8.00. The number of nitrogens with two attached hydrogens (primary N) is 1. The van der Waals surface area contributed by atoms with Gasteiger partial charge in [-0.05, 0) is 29.5 Å². The molecule has 0 spiro atoms. The number of ether oxygens (including phenoxy) is 1. The van der Waals surface area contributed by atoms with Crippen LogP contribution in [0.3, 0.4) is 0 Å². The molecule has 5 aromatic rings. The maximum absolute atomic E-state index is 13.6. The lowest BCUT2D eigenvalue weighted by molar-refractivity contribution is -0.0556. The van der Waals surface area contributed by atoms with Crippen molar-refractivity contribution in [3.05, 3.63) is 71.1 Å². The molecular formula is C24H20N6O5PS2+. The second-order valence-corrected chi connectivity index (χ2v) is 11.7. The lowest BCUT2D eigenvalue weighted by atomic mass is 10.1. The minimum atomic E-state index is -1.54. The van der Waals surface area contributed by atoms with Gasteiger partial charge in [-0.15, -0.1) is 9.05 Å². The van der Waals surface area contributed by atoms with Crippen LogP contribution in [0.15, 0.2) is 75.6 Å². The highest BCUT2D eigenvalue weighted by Gasteiger charge is 2.54. The van der Waals surface area contributed by atoms with Gasteiger partial charge in [0.2, 0.25) is 17.6 Å². The molecular weight excluding hydrogens is 547 g/mol. The van der Waals surface area contributed by atoms with Crippen LogP contribution < -0.4 is 11.3 Å². The normalized spacial score (nSPS) is 24.3. The Morgan fingerprint density at radius 3 is 2.76 bits per heavy atom. The van der Waals surface area contributed by atoms with E-state index in [1.54, 1.807) is 16.8 Å². The molecule has 0 radical (unpaired) electrons. The zero-order valence-corrected chi connectivity index (χ0v) is 22.0. The van der Waals surface area contributed by atoms with Gasteiger partial charge >= 0.3 is 7.15 Å². The molecule has 2 aromatic carbocycles. The first-order chi connectivity index (χ1) is 18.5. The van der Waals surface area contributed by atoms with Gasteiger partial charge < -0.3 is 20.6 Å². The third kappa shape index (κ3) is 3.86. The number of nitrogen functional groups attached to an aromatic ring is 1. The summed E-state index contributed by atoms with van der Waals surface area (Å²) in [7, 11) is -1.54. The van der Waals surface area contributed by atoms with Crippen molar-refractivity contribution in [1.82, 2.24) is 23.9 Å². The number of aromatic nitrogens is 5. The Labute approximate surface area is 225 Å². The molecule has 2 aliphatic rings. The molecule has 0 saturated carbocycles. The van der Waals surface area contributed by atoms with Gasteiger partial charge in [0.1, 0.15) is 18.8 Å². The van der Waals surface area contributed by atoms with Crippen molar-refractivity contribution in [1.29, 1.82) is 0 Å². The number of imidazole rings is 2. The molecule has 0 aliphatic carbocycles. The summed E-state index contributed by atoms with van der Waals surface area (Å²) in [5.74, 6) is 0.330. The van der Waals surface area contributed by atoms with Crippen LogP contribution in [0.4, 0.5) is 5.69 Å². The topological polar surface area (TPSA) is 142 Å². The highest BCUT2D eigenvalue weighted by atomic mass is 32.4. The third-order valence-corrected chi connectivity index (χ3v) is 8.95. The Morgan fingerprint density at radius 2 is 1.95 bits per heavy atom. The maximum atomic E-state index is 13.6. The number of nitrogens with zero attached hydrogens (tertiary/aromatic N) is 4. The van der Waals surface area contributed by atoms with E-state index in [1.165, 1.54) is 16.2 Å². The highest BCUT2D eigenvalue weighted by Crippen LogP contribution is 2.45. The molecule has 5 heterocycles. The second-order valence-electron chi connectivity index (χ2n) is 8.87. The molecule has 11 nitrogen and oxygen atoms in total. The predicted octanol–water partition coefficient (Wildman–Crippen LogP) is 3.22. The van der Waals surface area contributed by atoms with Gasteiger partial charge in [0, 0.05) is 16.8 Å². The Kier molecular flexibility index (Phi) is 5.82. The van der Waals surface area contributed by atoms with Crippen molar-refractivity contribution >= 4 is 53.3 Å². The molecule has 3 aromatic heterocycles. The molecule has 192 valence electrons. The average Bonchev–Trinajstić information content (AvgIpc) is 3.60. The number of fused-ring (bicyclic) bond motifs is 3. The first-order valence-electron chi connectivity index (χ1n) is 11.7. The van der Waals surface area contributed by atoms with Gasteiger partial charge in [0.05, 0.1) is 5.69 Å². The van der Waals surface area contributed by atoms with Gasteiger partial charge in [0.15, 0.2) is 28.7 Å². The van der Waals surface area contributed by atoms with Crippen LogP contribution in [0, 0.1) is 0 Å². The SMILES string of the molecule is Nc1ccccc1Sc1nc2c(=O)n3cc(-c4ccccc4)[nH]c3nc2n1[C@@H]1OC2CO[P+](=S)O[C@H]2C1O. The fourth-order valence-electron chi connectivity index (χ4n) is 4.71. The summed E-state index contributed by atoms with van der Waals surface area (Å²) in [6.45, 7) is 0.200. The van der Waals surface area contributed by atoms with Crippen molar-refractivity contribution in [3.63, 3.8) is 0 Å². The van der Waals surface area contributed by atoms with Crippen LogP contribution >= 0.6 is 18.9 Å². The Morgan fingerprint density at radius 1 is 1.16 bits per heavy atom. The molecule has 38 heavy (non-hydrogen) atoms. The zero-order valence-electron chi connectivity index (χ0n) is 19.5. The monoisotopic (exact) mass is 567 g/mol. The van der Waals surface area contributed by atoms with E-state index < -0.39 is 31.7 Å². The summed E-state index contributed by atoms with van der Waals surface area (Å²) in [6, 6.07) is 17.0. The van der Waals surface area contributed by atoms with Gasteiger partial charge in [-0.3, -0.25) is 9.36 Å². The van der Waals surface area contributed by atoms with Crippen molar-refractivity contribution in [2.24, 2.45) is 0 Å². The number of H-pyrrole nitrogens is 1. The van der Waals surface area contributed by atoms with Crippen LogP contribution in [0.1, 0.15) is 6.23 Å². The lowest BCUT2D eigenvalue weighted by Crippen LogP contribution is -2.37. The molecule has 0 bridgehead atoms. The van der Waals surface area contributed by atoms with Crippen molar-refractivity contribution in [2.45, 2.75) is 34.6 Å². The van der Waals surface area contributed by atoms with E-state index in [4.69, 9.17) is 36.3 Å². The number of nitrogens with one attached hydrogen (secondary N) is 1. The molecule has 3 unspecified atom stereocenters. The van der Waals surface area contributed by atoms with Gasteiger partial charge in [-0.2, -0.15) is 4.98 Å². The summed E-state index contributed by atoms with van der Waals surface area (Å²) in [5.41, 5.74) is 8.42. The standard InChI is InChI=1S/C24H19N6O5PS2/c25-13-8-4-5-9-16(13)38-24-27-17-20(30(24)22-18(31)19-15(34-22)11-33-36(37)35-19)28-23-26-14(10-29(23)21(17)32)12-6-2-1-3-7-12/h1-10,15,18-19,22,31H,11,25H2/p+1/t15?,18?,19-,22-/m1/s1. The second kappa shape index (κ2) is 9.24. The van der Waals surface area contributed by atoms with Crippen LogP contribution in [-0.2, 0) is 25.6 Å². The first kappa shape index (κ1) is 23.9. The smallest absolute Gasteiger partial charge is 0.398 e. The van der Waals surface area contributed by atoms with E-state index in [9.17, 15) is 9.90 Å². The van der Waals surface area contributed by atoms with E-state index in [1.807, 2.05) is 48.5 Å². The summed E-state index contributed by atoms with van der Waals surface area (Å²) < 4.78 is 20.4. The molecule has 7 rings (SSSR count). The van der Waals surface area contributed by atoms with E-state index in [-0.39, 0.29) is 23.3 Å². The van der Waals surface area contributed by atoms with E-state index >= 15 is 0 Å². The number of aliphatic hydroxyl groups is 1. The number of benzene rings is 2. The van der Waals surface area contributed by atoms with Crippen LogP contribution in [0.25, 0.3) is 28.2 Å². The zero-order chi connectivity index (χ0) is 26.0. The number of aromatic amines is 1. The number of rotatable bonds is 4. The summed E-state index contributed by atoms with van der Waals surface area (Å²) in [6.07, 6.45) is -1.54. The fraction of sp³-hybridized carbons (Fsp3) is 0.208. The van der Waals surface area contributed by atoms with Crippen molar-refractivity contribution < 1.29 is 18.9 Å². The minimum absolute atomic E-state index is 0.131. The molecule has 2 fully saturated rings. The van der Waals surface area contributed by atoms with Crippen LogP contribution in [0.2, 0.25) is 0 Å². The molecule has 14 heteroatoms. The molecule has 4 N–H and O–H groups in total. The van der Waals surface area contributed by atoms with E-state index in [0.717, 1.165) is 16.2 Å². The van der Waals surface area contributed by atoms with Crippen molar-refractivity contribution in [2.75, 3.05) is 12.3 Å². The number of para-hydroxylation sites is 1. The van der Waals surface area contributed by atoms with Gasteiger partial charge in [-0.1, -0.05) is 42.5 Å². The maximum Gasteiger partial charge on any atom is 0.522 e. The van der Waals surface area contributed by atoms with E-state index in [2.05, 4.69) is 9.97 Å². The van der Waals surface area contributed by atoms with Crippen molar-refractivity contribution in [3.8, 4) is 11.3 Å². The summed E-state index contributed by atoms with van der Waals surface area (Å²) in [4.78, 5) is 27.0. The quantitative estimate of drug-likeness (QED) is 0.219. The fourth-order valence-corrected chi connectivity index (χ4v) is 6.93. The predicted molar refractivity (Wildman–Crippen MR) is 145 cm³/mol. The molecule has 2 saturated heterocycles. The average molecular weight is 568 g/mol. The first-order valence-corrected chi connectivity index (χ1v) is 14.7. The third-order valence-electron chi connectivity index (χ3n) is 6.54. The summed E-state index contributed by atoms with van der Waals surface area (Å²) >= 11 is 6.43. The molecule has 0 amide bonds. The van der Waals surface area contributed by atoms with Crippen LogP contribution in [0.5, 0.6) is 0 Å². The number of anilines is 1. The molecule has 5 atom stereocenters. The van der Waals surface area contributed by atoms with Gasteiger partial charge in [-0.25, -0.2) is 9.38 Å². The Hall–Kier alpha value is -3.16. The number of hydrogen-bond donors (Lipinski definition) is 3.